The van der Waals surface area contributed by atoms with Crippen LogP contribution in [0.4, 0.5) is 0 Å². The van der Waals surface area contributed by atoms with Crippen molar-refractivity contribution in [1.82, 2.24) is 5.09 Å². The quantitative estimate of drug-likeness (QED) is 0.393. The SMILES string of the molecule is CCOC(=O)CNP(CC/C=C(\C)CO)Oc1ccccc1. The summed E-state index contributed by atoms with van der Waals surface area (Å²) in [6.07, 6.45) is 3.51. The summed E-state index contributed by atoms with van der Waals surface area (Å²) >= 11 is 0. The van der Waals surface area contributed by atoms with Crippen molar-refractivity contribution in [1.29, 1.82) is 0 Å². The van der Waals surface area contributed by atoms with E-state index in [-0.39, 0.29) is 19.1 Å². The third kappa shape index (κ3) is 8.13. The lowest BCUT2D eigenvalue weighted by Gasteiger charge is -2.18. The first-order chi connectivity index (χ1) is 10.7. The van der Waals surface area contributed by atoms with Gasteiger partial charge in [0.15, 0.2) is 8.30 Å². The van der Waals surface area contributed by atoms with E-state index in [1.807, 2.05) is 43.3 Å². The van der Waals surface area contributed by atoms with Crippen molar-refractivity contribution in [2.45, 2.75) is 20.3 Å². The van der Waals surface area contributed by atoms with Crippen LogP contribution in [-0.2, 0) is 9.53 Å². The Balaban J connectivity index is 2.54. The van der Waals surface area contributed by atoms with Gasteiger partial charge in [-0.2, -0.15) is 0 Å². The van der Waals surface area contributed by atoms with Gasteiger partial charge in [-0.05, 0) is 32.4 Å². The van der Waals surface area contributed by atoms with E-state index < -0.39 is 8.30 Å². The second-order valence-electron chi connectivity index (χ2n) is 4.64. The number of nitrogens with one attached hydrogen (secondary N) is 1. The Morgan fingerprint density at radius 1 is 1.36 bits per heavy atom. The fourth-order valence-corrected chi connectivity index (χ4v) is 2.98. The van der Waals surface area contributed by atoms with Crippen LogP contribution in [0.3, 0.4) is 0 Å². The number of carbonyl (C=O) groups excluding carboxylic acids is 1. The van der Waals surface area contributed by atoms with Crippen molar-refractivity contribution in [3.05, 3.63) is 42.0 Å². The molecule has 6 heteroatoms. The Morgan fingerprint density at radius 3 is 2.73 bits per heavy atom. The third-order valence-electron chi connectivity index (χ3n) is 2.74. The highest BCUT2D eigenvalue weighted by Crippen LogP contribution is 2.34. The van der Waals surface area contributed by atoms with Crippen molar-refractivity contribution in [3.8, 4) is 5.75 Å². The summed E-state index contributed by atoms with van der Waals surface area (Å²) in [7, 11) is -0.993. The molecule has 22 heavy (non-hydrogen) atoms. The van der Waals surface area contributed by atoms with Gasteiger partial charge in [0.25, 0.3) is 0 Å². The Labute approximate surface area is 133 Å². The summed E-state index contributed by atoms with van der Waals surface area (Å²) in [4.78, 5) is 11.5. The Morgan fingerprint density at radius 2 is 2.09 bits per heavy atom. The molecule has 0 bridgehead atoms. The molecule has 0 aliphatic rings. The third-order valence-corrected chi connectivity index (χ3v) is 4.34. The highest BCUT2D eigenvalue weighted by atomic mass is 31.2. The molecule has 122 valence electrons. The summed E-state index contributed by atoms with van der Waals surface area (Å²) in [5.74, 6) is 0.488. The molecule has 1 aromatic rings. The van der Waals surface area contributed by atoms with Gasteiger partial charge in [0.05, 0.1) is 13.2 Å². The molecule has 0 spiro atoms. The van der Waals surface area contributed by atoms with Crippen LogP contribution in [-0.4, -0.2) is 37.0 Å². The van der Waals surface area contributed by atoms with E-state index >= 15 is 0 Å². The minimum absolute atomic E-state index is 0.0632. The Bertz CT molecular complexity index is 464. The van der Waals surface area contributed by atoms with Crippen molar-refractivity contribution in [3.63, 3.8) is 0 Å². The maximum atomic E-state index is 11.5. The van der Waals surface area contributed by atoms with Crippen LogP contribution < -0.4 is 9.61 Å². The van der Waals surface area contributed by atoms with Gasteiger partial charge in [0.1, 0.15) is 12.3 Å². The van der Waals surface area contributed by atoms with Crippen molar-refractivity contribution in [2.24, 2.45) is 0 Å². The summed E-state index contributed by atoms with van der Waals surface area (Å²) < 4.78 is 10.8. The van der Waals surface area contributed by atoms with E-state index in [2.05, 4.69) is 5.09 Å². The van der Waals surface area contributed by atoms with Gasteiger partial charge in [0.2, 0.25) is 0 Å². The molecule has 0 aliphatic carbocycles. The molecule has 5 nitrogen and oxygen atoms in total. The number of esters is 1. The molecule has 1 rings (SSSR count). The van der Waals surface area contributed by atoms with Crippen LogP contribution >= 0.6 is 8.30 Å². The molecular formula is C16H24NO4P. The average molecular weight is 325 g/mol. The standard InChI is InChI=1S/C16H24NO4P/c1-3-20-16(19)12-17-22(11-7-8-14(2)13-18)21-15-9-5-4-6-10-15/h4-6,8-10,17-18H,3,7,11-13H2,1-2H3/b14-8+. The molecule has 0 aromatic heterocycles. The zero-order valence-electron chi connectivity index (χ0n) is 13.1. The fourth-order valence-electron chi connectivity index (χ4n) is 1.62. The number of carbonyl (C=O) groups is 1. The number of benzene rings is 1. The Kier molecular flexibility index (Phi) is 9.47. The first-order valence-corrected chi connectivity index (χ1v) is 8.76. The average Bonchev–Trinajstić information content (AvgIpc) is 2.53. The van der Waals surface area contributed by atoms with Crippen molar-refractivity contribution >= 4 is 14.3 Å². The number of aliphatic hydroxyl groups excluding tert-OH is 1. The van der Waals surface area contributed by atoms with Crippen molar-refractivity contribution < 1.29 is 19.2 Å². The van der Waals surface area contributed by atoms with Crippen LogP contribution in [0.5, 0.6) is 5.75 Å². The molecule has 0 aliphatic heterocycles. The summed E-state index contributed by atoms with van der Waals surface area (Å²) in [6, 6.07) is 9.51. The van der Waals surface area contributed by atoms with E-state index in [1.54, 1.807) is 6.92 Å². The van der Waals surface area contributed by atoms with Gasteiger partial charge >= 0.3 is 5.97 Å². The molecule has 0 amide bonds. The number of hydrogen-bond donors (Lipinski definition) is 2. The number of ether oxygens (including phenoxy) is 1. The predicted molar refractivity (Wildman–Crippen MR) is 89.0 cm³/mol. The van der Waals surface area contributed by atoms with Crippen LogP contribution in [0.2, 0.25) is 0 Å². The van der Waals surface area contributed by atoms with Gasteiger partial charge in [-0.1, -0.05) is 29.8 Å². The normalized spacial score (nSPS) is 12.8. The molecular weight excluding hydrogens is 301 g/mol. The van der Waals surface area contributed by atoms with Crippen LogP contribution in [0.15, 0.2) is 42.0 Å². The van der Waals surface area contributed by atoms with E-state index in [0.717, 1.165) is 23.9 Å². The first-order valence-electron chi connectivity index (χ1n) is 7.32. The lowest BCUT2D eigenvalue weighted by atomic mass is 10.3. The molecule has 2 N–H and O–H groups in total. The lowest BCUT2D eigenvalue weighted by molar-refractivity contribution is -0.141. The molecule has 0 fully saturated rings. The lowest BCUT2D eigenvalue weighted by Crippen LogP contribution is -2.23. The van der Waals surface area contributed by atoms with Crippen molar-refractivity contribution in [2.75, 3.05) is 25.9 Å². The second-order valence-corrected chi connectivity index (χ2v) is 6.35. The van der Waals surface area contributed by atoms with Gasteiger partial charge in [-0.15, -0.1) is 0 Å². The van der Waals surface area contributed by atoms with E-state index in [1.165, 1.54) is 0 Å². The largest absolute Gasteiger partial charge is 0.465 e. The maximum Gasteiger partial charge on any atom is 0.320 e. The van der Waals surface area contributed by atoms with Gasteiger partial charge in [-0.25, -0.2) is 0 Å². The molecule has 0 heterocycles. The monoisotopic (exact) mass is 325 g/mol. The Hall–Kier alpha value is -1.42. The van der Waals surface area contributed by atoms with E-state index in [4.69, 9.17) is 14.4 Å². The number of aliphatic hydroxyl groups is 1. The zero-order chi connectivity index (χ0) is 16.2. The highest BCUT2D eigenvalue weighted by Gasteiger charge is 2.13. The summed E-state index contributed by atoms with van der Waals surface area (Å²) in [6.45, 7) is 4.23. The van der Waals surface area contributed by atoms with Gasteiger partial charge in [-0.3, -0.25) is 9.88 Å². The predicted octanol–water partition coefficient (Wildman–Crippen LogP) is 2.86. The number of hydrogen-bond acceptors (Lipinski definition) is 5. The number of para-hydroxylation sites is 1. The highest BCUT2D eigenvalue weighted by molar-refractivity contribution is 7.50. The minimum atomic E-state index is -0.993. The number of rotatable bonds is 10. The summed E-state index contributed by atoms with van der Waals surface area (Å²) in [5.41, 5.74) is 0.931. The van der Waals surface area contributed by atoms with Crippen LogP contribution in [0.25, 0.3) is 0 Å². The molecule has 0 saturated carbocycles. The molecule has 0 radical (unpaired) electrons. The molecule has 1 unspecified atom stereocenters. The summed E-state index contributed by atoms with van der Waals surface area (Å²) in [5, 5.41) is 12.1. The van der Waals surface area contributed by atoms with Gasteiger partial charge in [0, 0.05) is 6.16 Å². The maximum absolute atomic E-state index is 11.5. The van der Waals surface area contributed by atoms with E-state index in [9.17, 15) is 4.79 Å². The minimum Gasteiger partial charge on any atom is -0.465 e. The molecule has 1 atom stereocenters. The van der Waals surface area contributed by atoms with E-state index in [0.29, 0.717) is 6.61 Å². The topological polar surface area (TPSA) is 67.8 Å². The van der Waals surface area contributed by atoms with Crippen LogP contribution in [0, 0.1) is 0 Å². The number of allylic oxidation sites excluding steroid dienone is 1. The molecule has 1 aromatic carbocycles. The van der Waals surface area contributed by atoms with Gasteiger partial charge < -0.3 is 14.4 Å². The second kappa shape index (κ2) is 11.2. The van der Waals surface area contributed by atoms with Crippen LogP contribution in [0.1, 0.15) is 20.3 Å². The molecule has 0 saturated heterocycles. The smallest absolute Gasteiger partial charge is 0.320 e. The fraction of sp³-hybridized carbons (Fsp3) is 0.438. The zero-order valence-corrected chi connectivity index (χ0v) is 14.0. The first kappa shape index (κ1) is 18.6.